The lowest BCUT2D eigenvalue weighted by atomic mass is 10.00. The van der Waals surface area contributed by atoms with Gasteiger partial charge in [-0.15, -0.1) is 0 Å². The van der Waals surface area contributed by atoms with Gasteiger partial charge in [-0.25, -0.2) is 12.8 Å². The zero-order valence-electron chi connectivity index (χ0n) is 14.9. The zero-order chi connectivity index (χ0) is 20.0. The number of anilines is 1. The first kappa shape index (κ1) is 20.9. The van der Waals surface area contributed by atoms with E-state index in [-0.39, 0.29) is 11.6 Å². The molecule has 27 heavy (non-hydrogen) atoms. The van der Waals surface area contributed by atoms with Gasteiger partial charge in [0.05, 0.1) is 17.9 Å². The molecule has 0 aliphatic rings. The van der Waals surface area contributed by atoms with Crippen LogP contribution in [0.2, 0.25) is 5.02 Å². The standard InChI is InChI=1S/C19H20ClFN2O3S/c1-13(15-7-10-18(17(21)12-15)23-27(2,25)26)19(24)22-11-3-4-14-5-8-16(20)9-6-14/h3-10,12-13,23H,11H2,1-2H3,(H,22,24). The summed E-state index contributed by atoms with van der Waals surface area (Å²) < 4.78 is 38.5. The van der Waals surface area contributed by atoms with Crippen molar-refractivity contribution in [3.05, 3.63) is 70.5 Å². The van der Waals surface area contributed by atoms with E-state index in [1.54, 1.807) is 25.1 Å². The largest absolute Gasteiger partial charge is 0.352 e. The van der Waals surface area contributed by atoms with Crippen LogP contribution in [0.4, 0.5) is 10.1 Å². The SMILES string of the molecule is CC(C(=O)NCC=Cc1ccc(Cl)cc1)c1ccc(NS(C)(=O)=O)c(F)c1. The van der Waals surface area contributed by atoms with Crippen molar-refractivity contribution < 1.29 is 17.6 Å². The number of benzene rings is 2. The van der Waals surface area contributed by atoms with Crippen molar-refractivity contribution >= 4 is 39.3 Å². The first-order chi connectivity index (χ1) is 12.7. The molecule has 0 aliphatic heterocycles. The molecule has 0 saturated carbocycles. The Labute approximate surface area is 163 Å². The van der Waals surface area contributed by atoms with Crippen molar-refractivity contribution in [2.75, 3.05) is 17.5 Å². The Kier molecular flexibility index (Phi) is 6.98. The van der Waals surface area contributed by atoms with Crippen LogP contribution in [0.1, 0.15) is 24.0 Å². The first-order valence-electron chi connectivity index (χ1n) is 8.13. The molecule has 0 bridgehead atoms. The van der Waals surface area contributed by atoms with Gasteiger partial charge in [-0.3, -0.25) is 9.52 Å². The van der Waals surface area contributed by atoms with Gasteiger partial charge in [0, 0.05) is 11.6 Å². The number of sulfonamides is 1. The molecule has 0 heterocycles. The molecule has 1 atom stereocenters. The third-order valence-corrected chi connectivity index (χ3v) is 4.60. The number of carbonyl (C=O) groups is 1. The number of amides is 1. The Morgan fingerprint density at radius 1 is 1.22 bits per heavy atom. The minimum atomic E-state index is -3.57. The van der Waals surface area contributed by atoms with E-state index in [9.17, 15) is 17.6 Å². The fourth-order valence-electron chi connectivity index (χ4n) is 2.32. The Balaban J connectivity index is 1.94. The summed E-state index contributed by atoms with van der Waals surface area (Å²) in [7, 11) is -3.57. The van der Waals surface area contributed by atoms with Gasteiger partial charge >= 0.3 is 0 Å². The van der Waals surface area contributed by atoms with E-state index in [4.69, 9.17) is 11.6 Å². The van der Waals surface area contributed by atoms with Crippen LogP contribution in [-0.2, 0) is 14.8 Å². The molecule has 2 aromatic carbocycles. The lowest BCUT2D eigenvalue weighted by molar-refractivity contribution is -0.122. The minimum Gasteiger partial charge on any atom is -0.352 e. The van der Waals surface area contributed by atoms with E-state index < -0.39 is 21.8 Å². The minimum absolute atomic E-state index is 0.153. The van der Waals surface area contributed by atoms with Crippen LogP contribution in [0.3, 0.4) is 0 Å². The second-order valence-electron chi connectivity index (χ2n) is 6.03. The molecular formula is C19H20ClFN2O3S. The Hall–Kier alpha value is -2.38. The highest BCUT2D eigenvalue weighted by Crippen LogP contribution is 2.22. The summed E-state index contributed by atoms with van der Waals surface area (Å²) in [5, 5.41) is 3.40. The number of hydrogen-bond acceptors (Lipinski definition) is 3. The molecule has 0 aromatic heterocycles. The van der Waals surface area contributed by atoms with E-state index in [0.717, 1.165) is 17.9 Å². The van der Waals surface area contributed by atoms with Gasteiger partial charge in [0.15, 0.2) is 0 Å². The summed E-state index contributed by atoms with van der Waals surface area (Å²) in [5.74, 6) is -1.59. The van der Waals surface area contributed by atoms with Gasteiger partial charge in [-0.1, -0.05) is 42.0 Å². The fourth-order valence-corrected chi connectivity index (χ4v) is 3.01. The second-order valence-corrected chi connectivity index (χ2v) is 8.22. The number of halogens is 2. The molecule has 5 nitrogen and oxygen atoms in total. The monoisotopic (exact) mass is 410 g/mol. The molecular weight excluding hydrogens is 391 g/mol. The summed E-state index contributed by atoms with van der Waals surface area (Å²) in [6.45, 7) is 1.97. The average molecular weight is 411 g/mol. The maximum atomic E-state index is 14.0. The lowest BCUT2D eigenvalue weighted by Gasteiger charge is -2.13. The van der Waals surface area contributed by atoms with Crippen LogP contribution in [0.25, 0.3) is 6.08 Å². The molecule has 2 aromatic rings. The molecule has 1 amide bonds. The molecule has 144 valence electrons. The highest BCUT2D eigenvalue weighted by molar-refractivity contribution is 7.92. The summed E-state index contributed by atoms with van der Waals surface area (Å²) in [6, 6.07) is 11.2. The predicted molar refractivity (Wildman–Crippen MR) is 107 cm³/mol. The quantitative estimate of drug-likeness (QED) is 0.729. The van der Waals surface area contributed by atoms with Crippen molar-refractivity contribution in [2.45, 2.75) is 12.8 Å². The van der Waals surface area contributed by atoms with E-state index in [1.165, 1.54) is 12.1 Å². The Bertz CT molecular complexity index is 944. The van der Waals surface area contributed by atoms with Crippen molar-refractivity contribution in [3.8, 4) is 0 Å². The maximum absolute atomic E-state index is 14.0. The Morgan fingerprint density at radius 3 is 2.48 bits per heavy atom. The van der Waals surface area contributed by atoms with Gasteiger partial charge in [0.2, 0.25) is 15.9 Å². The van der Waals surface area contributed by atoms with Crippen molar-refractivity contribution in [3.63, 3.8) is 0 Å². The molecule has 0 radical (unpaired) electrons. The maximum Gasteiger partial charge on any atom is 0.229 e. The Morgan fingerprint density at radius 2 is 1.89 bits per heavy atom. The van der Waals surface area contributed by atoms with Gasteiger partial charge in [0.1, 0.15) is 5.82 Å². The molecule has 8 heteroatoms. The van der Waals surface area contributed by atoms with E-state index >= 15 is 0 Å². The third kappa shape index (κ3) is 6.69. The average Bonchev–Trinajstić information content (AvgIpc) is 2.60. The van der Waals surface area contributed by atoms with Crippen LogP contribution >= 0.6 is 11.6 Å². The summed E-state index contributed by atoms with van der Waals surface area (Å²) in [4.78, 5) is 12.2. The molecule has 0 saturated heterocycles. The van der Waals surface area contributed by atoms with Gasteiger partial charge in [-0.2, -0.15) is 0 Å². The van der Waals surface area contributed by atoms with Crippen molar-refractivity contribution in [1.82, 2.24) is 5.32 Å². The van der Waals surface area contributed by atoms with E-state index in [1.807, 2.05) is 18.2 Å². The molecule has 2 rings (SSSR count). The van der Waals surface area contributed by atoms with Crippen LogP contribution in [0.5, 0.6) is 0 Å². The second kappa shape index (κ2) is 9.01. The molecule has 0 spiro atoms. The molecule has 0 fully saturated rings. The number of nitrogens with one attached hydrogen (secondary N) is 2. The van der Waals surface area contributed by atoms with Gasteiger partial charge < -0.3 is 5.32 Å². The summed E-state index contributed by atoms with van der Waals surface area (Å²) >= 11 is 5.82. The summed E-state index contributed by atoms with van der Waals surface area (Å²) in [6.07, 6.45) is 4.59. The molecule has 0 aliphatic carbocycles. The highest BCUT2D eigenvalue weighted by atomic mass is 35.5. The van der Waals surface area contributed by atoms with Gasteiger partial charge in [-0.05, 0) is 42.3 Å². The number of rotatable bonds is 7. The van der Waals surface area contributed by atoms with E-state index in [2.05, 4.69) is 10.0 Å². The topological polar surface area (TPSA) is 75.3 Å². The van der Waals surface area contributed by atoms with Crippen LogP contribution in [-0.4, -0.2) is 27.1 Å². The lowest BCUT2D eigenvalue weighted by Crippen LogP contribution is -2.28. The fraction of sp³-hybridized carbons (Fsp3) is 0.211. The molecule has 1 unspecified atom stereocenters. The van der Waals surface area contributed by atoms with Crippen molar-refractivity contribution in [1.29, 1.82) is 0 Å². The predicted octanol–water partition coefficient (Wildman–Crippen LogP) is 3.78. The molecule has 2 N–H and O–H groups in total. The van der Waals surface area contributed by atoms with Crippen LogP contribution in [0.15, 0.2) is 48.5 Å². The number of carbonyl (C=O) groups excluding carboxylic acids is 1. The summed E-state index contributed by atoms with van der Waals surface area (Å²) in [5.41, 5.74) is 1.25. The highest BCUT2D eigenvalue weighted by Gasteiger charge is 2.17. The zero-order valence-corrected chi connectivity index (χ0v) is 16.4. The van der Waals surface area contributed by atoms with Gasteiger partial charge in [0.25, 0.3) is 0 Å². The van der Waals surface area contributed by atoms with Crippen LogP contribution < -0.4 is 10.0 Å². The van der Waals surface area contributed by atoms with Crippen LogP contribution in [0, 0.1) is 5.82 Å². The number of hydrogen-bond donors (Lipinski definition) is 2. The first-order valence-corrected chi connectivity index (χ1v) is 10.4. The third-order valence-electron chi connectivity index (χ3n) is 3.76. The normalized spacial score (nSPS) is 12.7. The van der Waals surface area contributed by atoms with Crippen molar-refractivity contribution in [2.24, 2.45) is 0 Å². The van der Waals surface area contributed by atoms with E-state index in [0.29, 0.717) is 17.1 Å². The smallest absolute Gasteiger partial charge is 0.229 e.